The molecule has 6 nitrogen and oxygen atoms in total. The van der Waals surface area contributed by atoms with Crippen molar-refractivity contribution < 1.29 is 19.4 Å². The summed E-state index contributed by atoms with van der Waals surface area (Å²) >= 11 is 0. The van der Waals surface area contributed by atoms with Gasteiger partial charge in [-0.25, -0.2) is 4.79 Å². The predicted molar refractivity (Wildman–Crippen MR) is 57.0 cm³/mol. The molecule has 88 valence electrons. The molecule has 0 bridgehead atoms. The van der Waals surface area contributed by atoms with Gasteiger partial charge in [0.05, 0.1) is 11.6 Å². The first-order chi connectivity index (χ1) is 8.20. The number of ether oxygens (including phenoxy) is 2. The monoisotopic (exact) mass is 234 g/mol. The maximum Gasteiger partial charge on any atom is 0.404 e. The van der Waals surface area contributed by atoms with Gasteiger partial charge in [-0.3, -0.25) is 0 Å². The Morgan fingerprint density at radius 1 is 1.47 bits per heavy atom. The summed E-state index contributed by atoms with van der Waals surface area (Å²) < 4.78 is 10.4. The normalized spacial score (nSPS) is 11.9. The number of benzene rings is 1. The highest BCUT2D eigenvalue weighted by Gasteiger charge is 2.16. The molecule has 0 spiro atoms. The molecule has 0 atom stereocenters. The quantitative estimate of drug-likeness (QED) is 0.816. The summed E-state index contributed by atoms with van der Waals surface area (Å²) in [6.07, 6.45) is -0.643. The van der Waals surface area contributed by atoms with Gasteiger partial charge in [0.1, 0.15) is 0 Å². The van der Waals surface area contributed by atoms with Gasteiger partial charge in [-0.15, -0.1) is 0 Å². The smallest absolute Gasteiger partial charge is 0.404 e. The van der Waals surface area contributed by atoms with E-state index in [4.69, 9.17) is 19.8 Å². The molecular formula is C11H10N2O4. The lowest BCUT2D eigenvalue weighted by atomic mass is 10.0. The standard InChI is InChI=1S/C11H10N2O4/c12-5-8-4-10-9(16-6-17-10)3-7(8)1-2-13-11(14)15/h3-4,13H,1-2,6H2,(H,14,15). The summed E-state index contributed by atoms with van der Waals surface area (Å²) in [5.41, 5.74) is 1.21. The van der Waals surface area contributed by atoms with Crippen LogP contribution in [0.4, 0.5) is 4.79 Å². The van der Waals surface area contributed by atoms with E-state index in [0.717, 1.165) is 5.56 Å². The Hall–Kier alpha value is -2.42. The Kier molecular flexibility index (Phi) is 3.01. The molecule has 0 fully saturated rings. The third-order valence-corrected chi connectivity index (χ3v) is 2.39. The van der Waals surface area contributed by atoms with Crippen LogP contribution < -0.4 is 14.8 Å². The second-order valence-corrected chi connectivity index (χ2v) is 3.46. The van der Waals surface area contributed by atoms with Gasteiger partial charge in [-0.2, -0.15) is 5.26 Å². The van der Waals surface area contributed by atoms with Crippen LogP contribution in [-0.4, -0.2) is 24.5 Å². The van der Waals surface area contributed by atoms with E-state index in [-0.39, 0.29) is 13.3 Å². The summed E-state index contributed by atoms with van der Waals surface area (Å²) in [5.74, 6) is 1.14. The molecule has 1 amide bonds. The van der Waals surface area contributed by atoms with Crippen molar-refractivity contribution in [2.45, 2.75) is 6.42 Å². The van der Waals surface area contributed by atoms with Crippen molar-refractivity contribution >= 4 is 6.09 Å². The number of carboxylic acid groups (broad SMARTS) is 1. The Labute approximate surface area is 97.4 Å². The molecule has 1 aromatic carbocycles. The van der Waals surface area contributed by atoms with E-state index in [2.05, 4.69) is 11.4 Å². The molecule has 0 radical (unpaired) electrons. The van der Waals surface area contributed by atoms with Crippen LogP contribution in [0.5, 0.6) is 11.5 Å². The Bertz CT molecular complexity index is 493. The molecule has 1 aromatic rings. The summed E-state index contributed by atoms with van der Waals surface area (Å²) in [7, 11) is 0. The molecule has 1 aliphatic heterocycles. The predicted octanol–water partition coefficient (Wildman–Crippen LogP) is 1.10. The number of fused-ring (bicyclic) bond motifs is 1. The molecule has 0 saturated carbocycles. The molecule has 2 N–H and O–H groups in total. The van der Waals surface area contributed by atoms with Crippen molar-refractivity contribution in [3.05, 3.63) is 23.3 Å². The highest BCUT2D eigenvalue weighted by Crippen LogP contribution is 2.34. The molecule has 6 heteroatoms. The van der Waals surface area contributed by atoms with Crippen molar-refractivity contribution in [1.82, 2.24) is 5.32 Å². The lowest BCUT2D eigenvalue weighted by molar-refractivity contribution is 0.174. The van der Waals surface area contributed by atoms with Gasteiger partial charge >= 0.3 is 6.09 Å². The Morgan fingerprint density at radius 2 is 2.18 bits per heavy atom. The molecule has 0 aliphatic carbocycles. The van der Waals surface area contributed by atoms with Gasteiger partial charge in [-0.1, -0.05) is 0 Å². The molecule has 0 unspecified atom stereocenters. The van der Waals surface area contributed by atoms with E-state index in [0.29, 0.717) is 23.5 Å². The number of nitrogens with one attached hydrogen (secondary N) is 1. The highest BCUT2D eigenvalue weighted by molar-refractivity contribution is 5.64. The first-order valence-corrected chi connectivity index (χ1v) is 5.00. The first-order valence-electron chi connectivity index (χ1n) is 5.00. The Balaban J connectivity index is 2.16. The van der Waals surface area contributed by atoms with Gasteiger partial charge in [0, 0.05) is 12.6 Å². The van der Waals surface area contributed by atoms with Crippen molar-refractivity contribution in [2.24, 2.45) is 0 Å². The maximum atomic E-state index is 10.3. The number of carbonyl (C=O) groups is 1. The Morgan fingerprint density at radius 3 is 2.82 bits per heavy atom. The lowest BCUT2D eigenvalue weighted by Gasteiger charge is -2.05. The van der Waals surface area contributed by atoms with Crippen LogP contribution in [0.2, 0.25) is 0 Å². The molecule has 0 saturated heterocycles. The van der Waals surface area contributed by atoms with Gasteiger partial charge in [0.25, 0.3) is 0 Å². The average Bonchev–Trinajstić information content (AvgIpc) is 2.74. The number of nitriles is 1. The first kappa shape index (κ1) is 11.1. The number of amides is 1. The van der Waals surface area contributed by atoms with Gasteiger partial charge in [0.15, 0.2) is 11.5 Å². The zero-order valence-corrected chi connectivity index (χ0v) is 8.90. The third kappa shape index (κ3) is 2.39. The second-order valence-electron chi connectivity index (χ2n) is 3.46. The lowest BCUT2D eigenvalue weighted by Crippen LogP contribution is -2.23. The summed E-state index contributed by atoms with van der Waals surface area (Å²) in [4.78, 5) is 10.3. The molecule has 0 aromatic heterocycles. The van der Waals surface area contributed by atoms with Gasteiger partial charge in [0.2, 0.25) is 6.79 Å². The van der Waals surface area contributed by atoms with E-state index in [1.807, 2.05) is 0 Å². The van der Waals surface area contributed by atoms with Crippen LogP contribution in [0.15, 0.2) is 12.1 Å². The number of nitrogens with zero attached hydrogens (tertiary/aromatic N) is 1. The SMILES string of the molecule is N#Cc1cc2c(cc1CCNC(=O)O)OCO2. The minimum atomic E-state index is -1.08. The van der Waals surface area contributed by atoms with Crippen LogP contribution in [-0.2, 0) is 6.42 Å². The molecule has 1 aliphatic rings. The van der Waals surface area contributed by atoms with Gasteiger partial charge in [-0.05, 0) is 18.1 Å². The third-order valence-electron chi connectivity index (χ3n) is 2.39. The minimum Gasteiger partial charge on any atom is -0.465 e. The van der Waals surface area contributed by atoms with E-state index in [1.54, 1.807) is 12.1 Å². The summed E-state index contributed by atoms with van der Waals surface area (Å²) in [6.45, 7) is 0.403. The second kappa shape index (κ2) is 4.61. The average molecular weight is 234 g/mol. The molecular weight excluding hydrogens is 224 g/mol. The van der Waals surface area contributed by atoms with Crippen molar-refractivity contribution in [3.63, 3.8) is 0 Å². The maximum absolute atomic E-state index is 10.3. The van der Waals surface area contributed by atoms with E-state index >= 15 is 0 Å². The van der Waals surface area contributed by atoms with Crippen LogP contribution in [0, 0.1) is 11.3 Å². The zero-order valence-electron chi connectivity index (χ0n) is 8.90. The number of hydrogen-bond donors (Lipinski definition) is 2. The van der Waals surface area contributed by atoms with Gasteiger partial charge < -0.3 is 19.9 Å². The fourth-order valence-electron chi connectivity index (χ4n) is 1.60. The summed E-state index contributed by atoms with van der Waals surface area (Å²) in [6, 6.07) is 5.37. The summed E-state index contributed by atoms with van der Waals surface area (Å²) in [5, 5.41) is 19.7. The number of hydrogen-bond acceptors (Lipinski definition) is 4. The largest absolute Gasteiger partial charge is 0.465 e. The molecule has 17 heavy (non-hydrogen) atoms. The molecule has 1 heterocycles. The van der Waals surface area contributed by atoms with Crippen LogP contribution in [0.1, 0.15) is 11.1 Å². The van der Waals surface area contributed by atoms with Crippen molar-refractivity contribution in [3.8, 4) is 17.6 Å². The molecule has 2 rings (SSSR count). The minimum absolute atomic E-state index is 0.150. The van der Waals surface area contributed by atoms with Crippen molar-refractivity contribution in [1.29, 1.82) is 5.26 Å². The van der Waals surface area contributed by atoms with E-state index in [1.165, 1.54) is 0 Å². The highest BCUT2D eigenvalue weighted by atomic mass is 16.7. The zero-order chi connectivity index (χ0) is 12.3. The van der Waals surface area contributed by atoms with E-state index < -0.39 is 6.09 Å². The van der Waals surface area contributed by atoms with E-state index in [9.17, 15) is 4.79 Å². The fraction of sp³-hybridized carbons (Fsp3) is 0.273. The van der Waals surface area contributed by atoms with Crippen LogP contribution in [0.25, 0.3) is 0 Å². The van der Waals surface area contributed by atoms with Crippen LogP contribution in [0.3, 0.4) is 0 Å². The fourth-order valence-corrected chi connectivity index (χ4v) is 1.60. The van der Waals surface area contributed by atoms with Crippen molar-refractivity contribution in [2.75, 3.05) is 13.3 Å². The topological polar surface area (TPSA) is 91.6 Å². The van der Waals surface area contributed by atoms with Crippen LogP contribution >= 0.6 is 0 Å². The number of rotatable bonds is 3.